The zero-order valence-corrected chi connectivity index (χ0v) is 16.8. The lowest BCUT2D eigenvalue weighted by molar-refractivity contribution is 1.21. The molecule has 0 atom stereocenters. The molecule has 8 nitrogen and oxygen atoms in total. The van der Waals surface area contributed by atoms with Crippen molar-refractivity contribution in [2.75, 3.05) is 21.7 Å². The first-order chi connectivity index (χ1) is 14.1. The van der Waals surface area contributed by atoms with Crippen molar-refractivity contribution in [3.63, 3.8) is 0 Å². The predicted octanol–water partition coefficient (Wildman–Crippen LogP) is 4.84. The van der Waals surface area contributed by atoms with Gasteiger partial charge in [-0.3, -0.25) is 0 Å². The lowest BCUT2D eigenvalue weighted by Crippen LogP contribution is -2.02. The molecule has 0 aliphatic carbocycles. The fourth-order valence-corrected chi connectivity index (χ4v) is 2.88. The summed E-state index contributed by atoms with van der Waals surface area (Å²) >= 11 is 3.36. The molecule has 0 unspecified atom stereocenters. The Hall–Kier alpha value is -3.72. The molecule has 0 fully saturated rings. The van der Waals surface area contributed by atoms with Crippen LogP contribution in [0.15, 0.2) is 77.4 Å². The summed E-state index contributed by atoms with van der Waals surface area (Å²) in [5.41, 5.74) is 5.72. The minimum atomic E-state index is 0.442. The summed E-state index contributed by atoms with van der Waals surface area (Å²) in [7, 11) is 0. The summed E-state index contributed by atoms with van der Waals surface area (Å²) in [4.78, 5) is 17.7. The fourth-order valence-electron chi connectivity index (χ4n) is 2.54. The molecule has 4 aromatic heterocycles. The Labute approximate surface area is 175 Å². The lowest BCUT2D eigenvalue weighted by atomic mass is 10.4. The zero-order valence-electron chi connectivity index (χ0n) is 15.2. The van der Waals surface area contributed by atoms with E-state index in [2.05, 4.69) is 51.8 Å². The van der Waals surface area contributed by atoms with Gasteiger partial charge in [0.15, 0.2) is 0 Å². The van der Waals surface area contributed by atoms with E-state index < -0.39 is 0 Å². The van der Waals surface area contributed by atoms with Crippen LogP contribution in [0.25, 0.3) is 0 Å². The van der Waals surface area contributed by atoms with Gasteiger partial charge >= 0.3 is 0 Å². The Morgan fingerprint density at radius 1 is 0.517 bits per heavy atom. The molecule has 0 spiro atoms. The van der Waals surface area contributed by atoms with Crippen LogP contribution in [-0.2, 0) is 0 Å². The highest BCUT2D eigenvalue weighted by Gasteiger charge is 2.04. The Kier molecular flexibility index (Phi) is 5.48. The summed E-state index contributed by atoms with van der Waals surface area (Å²) in [6.07, 6.45) is 0. The maximum atomic E-state index is 5.72. The molecule has 0 amide bonds. The SMILES string of the molecule is Nc1cccc(Nc2cccc(Nc3cccc(Nc4cccc(Br)n4)n3)n2)n1. The van der Waals surface area contributed by atoms with Crippen molar-refractivity contribution in [3.8, 4) is 0 Å². The van der Waals surface area contributed by atoms with Crippen molar-refractivity contribution < 1.29 is 0 Å². The molecule has 144 valence electrons. The minimum absolute atomic E-state index is 0.442. The summed E-state index contributed by atoms with van der Waals surface area (Å²) in [5.74, 6) is 4.36. The van der Waals surface area contributed by atoms with Gasteiger partial charge in [0.1, 0.15) is 45.3 Å². The number of aromatic nitrogens is 4. The molecule has 4 rings (SSSR count). The minimum Gasteiger partial charge on any atom is -0.384 e. The van der Waals surface area contributed by atoms with Gasteiger partial charge in [-0.2, -0.15) is 0 Å². The molecule has 0 radical (unpaired) electrons. The van der Waals surface area contributed by atoms with Crippen LogP contribution in [0.5, 0.6) is 0 Å². The molecule has 9 heteroatoms. The van der Waals surface area contributed by atoms with Crippen molar-refractivity contribution in [2.24, 2.45) is 0 Å². The van der Waals surface area contributed by atoms with Crippen LogP contribution >= 0.6 is 15.9 Å². The van der Waals surface area contributed by atoms with Crippen LogP contribution in [0.4, 0.5) is 40.7 Å². The van der Waals surface area contributed by atoms with E-state index in [1.165, 1.54) is 0 Å². The molecule has 0 aromatic carbocycles. The van der Waals surface area contributed by atoms with Crippen LogP contribution in [0.2, 0.25) is 0 Å². The Morgan fingerprint density at radius 2 is 0.897 bits per heavy atom. The summed E-state index contributed by atoms with van der Waals surface area (Å²) < 4.78 is 0.750. The molecule has 0 saturated carbocycles. The highest BCUT2D eigenvalue weighted by molar-refractivity contribution is 9.10. The van der Waals surface area contributed by atoms with Gasteiger partial charge in [0.25, 0.3) is 0 Å². The third-order valence-electron chi connectivity index (χ3n) is 3.75. The van der Waals surface area contributed by atoms with Gasteiger partial charge in [-0.25, -0.2) is 19.9 Å². The van der Waals surface area contributed by atoms with Gasteiger partial charge in [0.05, 0.1) is 0 Å². The van der Waals surface area contributed by atoms with E-state index in [0.29, 0.717) is 40.7 Å². The zero-order chi connectivity index (χ0) is 20.1. The molecule has 0 aliphatic rings. The molecule has 0 aliphatic heterocycles. The molecule has 4 aromatic rings. The maximum Gasteiger partial charge on any atom is 0.133 e. The van der Waals surface area contributed by atoms with Crippen molar-refractivity contribution in [2.45, 2.75) is 0 Å². The molecular weight excluding hydrogens is 432 g/mol. The third-order valence-corrected chi connectivity index (χ3v) is 4.19. The smallest absolute Gasteiger partial charge is 0.133 e. The topological polar surface area (TPSA) is 114 Å². The number of hydrogen-bond acceptors (Lipinski definition) is 8. The number of nitrogens with one attached hydrogen (secondary N) is 3. The second-order valence-electron chi connectivity index (χ2n) is 5.98. The van der Waals surface area contributed by atoms with Gasteiger partial charge in [-0.1, -0.05) is 24.3 Å². The number of rotatable bonds is 6. The number of hydrogen-bond donors (Lipinski definition) is 4. The normalized spacial score (nSPS) is 10.4. The maximum absolute atomic E-state index is 5.72. The van der Waals surface area contributed by atoms with Gasteiger partial charge in [-0.05, 0) is 64.5 Å². The van der Waals surface area contributed by atoms with Crippen molar-refractivity contribution in [1.29, 1.82) is 0 Å². The standard InChI is InChI=1S/C20H17BrN8/c21-13-5-1-7-15(23-13)25-17-9-3-11-19(27-17)29-20-12-4-10-18(28-20)26-16-8-2-6-14(22)24-16/h1-12H,(H5,22,23,24,25,26,27,28,29). The summed E-state index contributed by atoms with van der Waals surface area (Å²) in [6, 6.07) is 22.2. The molecular formula is C20H17BrN8. The first-order valence-electron chi connectivity index (χ1n) is 8.74. The predicted molar refractivity (Wildman–Crippen MR) is 119 cm³/mol. The summed E-state index contributed by atoms with van der Waals surface area (Å²) in [6.45, 7) is 0. The number of halogens is 1. The molecule has 5 N–H and O–H groups in total. The number of anilines is 7. The third kappa shape index (κ3) is 5.17. The first kappa shape index (κ1) is 18.6. The largest absolute Gasteiger partial charge is 0.384 e. The lowest BCUT2D eigenvalue weighted by Gasteiger charge is -2.10. The van der Waals surface area contributed by atoms with E-state index in [1.54, 1.807) is 6.07 Å². The summed E-state index contributed by atoms with van der Waals surface area (Å²) in [5, 5.41) is 9.51. The average molecular weight is 449 g/mol. The van der Waals surface area contributed by atoms with E-state index in [4.69, 9.17) is 5.73 Å². The van der Waals surface area contributed by atoms with Crippen molar-refractivity contribution in [3.05, 3.63) is 77.4 Å². The van der Waals surface area contributed by atoms with E-state index >= 15 is 0 Å². The van der Waals surface area contributed by atoms with Crippen LogP contribution in [0.1, 0.15) is 0 Å². The molecule has 0 bridgehead atoms. The Bertz CT molecular complexity index is 1050. The van der Waals surface area contributed by atoms with Crippen LogP contribution in [0, 0.1) is 0 Å². The number of nitrogens with zero attached hydrogens (tertiary/aromatic N) is 4. The number of pyridine rings is 4. The van der Waals surface area contributed by atoms with Gasteiger partial charge < -0.3 is 21.7 Å². The van der Waals surface area contributed by atoms with E-state index in [0.717, 1.165) is 4.60 Å². The monoisotopic (exact) mass is 448 g/mol. The second-order valence-corrected chi connectivity index (χ2v) is 6.80. The van der Waals surface area contributed by atoms with E-state index in [9.17, 15) is 0 Å². The average Bonchev–Trinajstić information content (AvgIpc) is 2.69. The quantitative estimate of drug-likeness (QED) is 0.309. The van der Waals surface area contributed by atoms with Crippen molar-refractivity contribution >= 4 is 56.7 Å². The van der Waals surface area contributed by atoms with Crippen LogP contribution in [0.3, 0.4) is 0 Å². The van der Waals surface area contributed by atoms with E-state index in [1.807, 2.05) is 66.7 Å². The van der Waals surface area contributed by atoms with Gasteiger partial charge in [0, 0.05) is 0 Å². The number of nitrogen functional groups attached to an aromatic ring is 1. The second kappa shape index (κ2) is 8.53. The highest BCUT2D eigenvalue weighted by Crippen LogP contribution is 2.20. The van der Waals surface area contributed by atoms with Gasteiger partial charge in [-0.15, -0.1) is 0 Å². The Morgan fingerprint density at radius 3 is 1.34 bits per heavy atom. The van der Waals surface area contributed by atoms with E-state index in [-0.39, 0.29) is 0 Å². The van der Waals surface area contributed by atoms with Gasteiger partial charge in [0.2, 0.25) is 0 Å². The first-order valence-corrected chi connectivity index (χ1v) is 9.54. The molecule has 29 heavy (non-hydrogen) atoms. The number of nitrogens with two attached hydrogens (primary N) is 1. The highest BCUT2D eigenvalue weighted by atomic mass is 79.9. The van der Waals surface area contributed by atoms with Crippen LogP contribution < -0.4 is 21.7 Å². The Balaban J connectivity index is 1.48. The van der Waals surface area contributed by atoms with Crippen LogP contribution in [-0.4, -0.2) is 19.9 Å². The fraction of sp³-hybridized carbons (Fsp3) is 0. The molecule has 4 heterocycles. The molecule has 0 saturated heterocycles. The van der Waals surface area contributed by atoms with Crippen molar-refractivity contribution in [1.82, 2.24) is 19.9 Å².